The summed E-state index contributed by atoms with van der Waals surface area (Å²) in [4.78, 5) is 24.6. The third-order valence-corrected chi connectivity index (χ3v) is 4.72. The van der Waals surface area contributed by atoms with E-state index in [2.05, 4.69) is 32.2 Å². The van der Waals surface area contributed by atoms with Crippen LogP contribution in [0.3, 0.4) is 0 Å². The van der Waals surface area contributed by atoms with Gasteiger partial charge in [0.2, 0.25) is 0 Å². The topological polar surface area (TPSA) is 85.7 Å². The number of hydrogen-bond acceptors (Lipinski definition) is 5. The Kier molecular flexibility index (Phi) is 5.11. The second-order valence-electron chi connectivity index (χ2n) is 6.84. The average Bonchev–Trinajstić information content (AvgIpc) is 3.47. The molecule has 0 saturated heterocycles. The number of aryl methyl sites for hydroxylation is 2. The van der Waals surface area contributed by atoms with E-state index in [1.807, 2.05) is 18.2 Å². The van der Waals surface area contributed by atoms with Crippen molar-refractivity contribution >= 4 is 0 Å². The van der Waals surface area contributed by atoms with Gasteiger partial charge >= 0.3 is 0 Å². The Labute approximate surface area is 157 Å². The first-order chi connectivity index (χ1) is 13.2. The summed E-state index contributed by atoms with van der Waals surface area (Å²) in [6.45, 7) is 1.18. The van der Waals surface area contributed by atoms with Gasteiger partial charge in [-0.3, -0.25) is 4.79 Å². The van der Waals surface area contributed by atoms with E-state index >= 15 is 0 Å². The largest absolute Gasteiger partial charge is 0.384 e. The lowest BCUT2D eigenvalue weighted by Crippen LogP contribution is -2.16. The summed E-state index contributed by atoms with van der Waals surface area (Å²) in [5, 5.41) is 4.60. The first-order valence-electron chi connectivity index (χ1n) is 9.31. The van der Waals surface area contributed by atoms with Crippen LogP contribution in [0.15, 0.2) is 41.3 Å². The predicted molar refractivity (Wildman–Crippen MR) is 102 cm³/mol. The molecule has 1 N–H and O–H groups in total. The van der Waals surface area contributed by atoms with E-state index < -0.39 is 0 Å². The Morgan fingerprint density at radius 2 is 2.04 bits per heavy atom. The number of rotatable bonds is 8. The number of ether oxygens (including phenoxy) is 1. The number of hydrogen-bond donors (Lipinski definition) is 1. The highest BCUT2D eigenvalue weighted by Crippen LogP contribution is 2.37. The Balaban J connectivity index is 1.63. The average molecular weight is 365 g/mol. The number of aromatic nitrogens is 5. The lowest BCUT2D eigenvalue weighted by Gasteiger charge is -2.06. The fourth-order valence-corrected chi connectivity index (χ4v) is 3.06. The van der Waals surface area contributed by atoms with Crippen LogP contribution < -0.4 is 5.56 Å². The molecule has 0 radical (unpaired) electrons. The number of methoxy groups -OCH3 is 1. The van der Waals surface area contributed by atoms with Crippen molar-refractivity contribution in [2.45, 2.75) is 38.1 Å². The Morgan fingerprint density at radius 1 is 1.22 bits per heavy atom. The van der Waals surface area contributed by atoms with Gasteiger partial charge in [-0.1, -0.05) is 30.3 Å². The molecule has 27 heavy (non-hydrogen) atoms. The summed E-state index contributed by atoms with van der Waals surface area (Å²) in [7, 11) is 1.65. The maximum atomic E-state index is 12.6. The van der Waals surface area contributed by atoms with Crippen LogP contribution in [0.4, 0.5) is 0 Å². The molecule has 1 fully saturated rings. The normalized spacial score (nSPS) is 13.8. The van der Waals surface area contributed by atoms with Gasteiger partial charge < -0.3 is 9.72 Å². The fourth-order valence-electron chi connectivity index (χ4n) is 3.06. The third-order valence-electron chi connectivity index (χ3n) is 4.72. The highest BCUT2D eigenvalue weighted by molar-refractivity contribution is 5.52. The predicted octanol–water partition coefficient (Wildman–Crippen LogP) is 2.34. The summed E-state index contributed by atoms with van der Waals surface area (Å²) in [5.74, 6) is 2.41. The van der Waals surface area contributed by atoms with Crippen molar-refractivity contribution in [2.24, 2.45) is 0 Å². The SMILES string of the molecule is COCCc1nc(-c2cnc(C3CC3)[nH]c2=O)n(CCc2ccccc2)n1. The van der Waals surface area contributed by atoms with Crippen LogP contribution in [0.1, 0.15) is 36.0 Å². The minimum absolute atomic E-state index is 0.154. The maximum absolute atomic E-state index is 12.6. The second kappa shape index (κ2) is 7.84. The van der Waals surface area contributed by atoms with Gasteiger partial charge in [-0.05, 0) is 24.8 Å². The third kappa shape index (κ3) is 4.14. The molecule has 2 aromatic heterocycles. The fraction of sp³-hybridized carbons (Fsp3) is 0.400. The van der Waals surface area contributed by atoms with E-state index in [1.165, 1.54) is 5.56 Å². The van der Waals surface area contributed by atoms with Gasteiger partial charge in [0.15, 0.2) is 11.6 Å². The summed E-state index contributed by atoms with van der Waals surface area (Å²) >= 11 is 0. The molecule has 1 aliphatic rings. The van der Waals surface area contributed by atoms with Gasteiger partial charge in [0, 0.05) is 32.2 Å². The Bertz CT molecular complexity index is 960. The van der Waals surface area contributed by atoms with Gasteiger partial charge in [-0.15, -0.1) is 0 Å². The number of H-pyrrole nitrogens is 1. The lowest BCUT2D eigenvalue weighted by molar-refractivity contribution is 0.200. The smallest absolute Gasteiger partial charge is 0.261 e. The summed E-state index contributed by atoms with van der Waals surface area (Å²) in [5.41, 5.74) is 1.52. The molecule has 1 saturated carbocycles. The molecule has 0 aliphatic heterocycles. The zero-order valence-electron chi connectivity index (χ0n) is 15.4. The van der Waals surface area contributed by atoms with E-state index in [9.17, 15) is 4.79 Å². The molecule has 0 atom stereocenters. The number of nitrogens with zero attached hydrogens (tertiary/aromatic N) is 4. The molecular weight excluding hydrogens is 342 g/mol. The molecule has 2 heterocycles. The molecule has 0 amide bonds. The molecule has 3 aromatic rings. The molecule has 4 rings (SSSR count). The number of nitrogens with one attached hydrogen (secondary N) is 1. The quantitative estimate of drug-likeness (QED) is 0.662. The second-order valence-corrected chi connectivity index (χ2v) is 6.84. The van der Waals surface area contributed by atoms with Gasteiger partial charge in [-0.2, -0.15) is 5.10 Å². The van der Waals surface area contributed by atoms with E-state index in [-0.39, 0.29) is 5.56 Å². The van der Waals surface area contributed by atoms with Crippen LogP contribution in [-0.2, 0) is 24.1 Å². The Morgan fingerprint density at radius 3 is 2.74 bits per heavy atom. The summed E-state index contributed by atoms with van der Waals surface area (Å²) in [6.07, 6.45) is 5.24. The number of benzene rings is 1. The van der Waals surface area contributed by atoms with Crippen LogP contribution in [-0.4, -0.2) is 38.4 Å². The first kappa shape index (κ1) is 17.6. The highest BCUT2D eigenvalue weighted by atomic mass is 16.5. The zero-order valence-corrected chi connectivity index (χ0v) is 15.4. The van der Waals surface area contributed by atoms with Crippen LogP contribution >= 0.6 is 0 Å². The van der Waals surface area contributed by atoms with Crippen molar-refractivity contribution in [1.82, 2.24) is 24.7 Å². The zero-order chi connectivity index (χ0) is 18.6. The van der Waals surface area contributed by atoms with Crippen molar-refractivity contribution in [3.8, 4) is 11.4 Å². The van der Waals surface area contributed by atoms with E-state index in [4.69, 9.17) is 4.74 Å². The summed E-state index contributed by atoms with van der Waals surface area (Å²) < 4.78 is 6.94. The molecule has 1 aromatic carbocycles. The molecule has 0 unspecified atom stereocenters. The lowest BCUT2D eigenvalue weighted by atomic mass is 10.1. The van der Waals surface area contributed by atoms with Crippen molar-refractivity contribution in [2.75, 3.05) is 13.7 Å². The van der Waals surface area contributed by atoms with Gasteiger partial charge in [0.05, 0.1) is 6.61 Å². The summed E-state index contributed by atoms with van der Waals surface area (Å²) in [6, 6.07) is 10.2. The van der Waals surface area contributed by atoms with Gasteiger partial charge in [-0.25, -0.2) is 14.6 Å². The molecular formula is C20H23N5O2. The number of aromatic amines is 1. The molecule has 0 spiro atoms. The van der Waals surface area contributed by atoms with Crippen LogP contribution in [0.5, 0.6) is 0 Å². The van der Waals surface area contributed by atoms with Crippen LogP contribution in [0, 0.1) is 0 Å². The van der Waals surface area contributed by atoms with Crippen molar-refractivity contribution in [3.05, 3.63) is 64.1 Å². The molecule has 1 aliphatic carbocycles. The van der Waals surface area contributed by atoms with E-state index in [0.717, 1.165) is 25.1 Å². The Hall–Kier alpha value is -2.80. The minimum Gasteiger partial charge on any atom is -0.384 e. The maximum Gasteiger partial charge on any atom is 0.261 e. The van der Waals surface area contributed by atoms with Gasteiger partial charge in [0.1, 0.15) is 11.4 Å². The highest BCUT2D eigenvalue weighted by Gasteiger charge is 2.27. The molecule has 0 bridgehead atoms. The van der Waals surface area contributed by atoms with Crippen molar-refractivity contribution < 1.29 is 4.74 Å². The molecule has 7 heteroatoms. The molecule has 7 nitrogen and oxygen atoms in total. The molecule has 140 valence electrons. The van der Waals surface area contributed by atoms with Crippen LogP contribution in [0.2, 0.25) is 0 Å². The van der Waals surface area contributed by atoms with E-state index in [1.54, 1.807) is 18.0 Å². The van der Waals surface area contributed by atoms with Crippen molar-refractivity contribution in [1.29, 1.82) is 0 Å². The monoisotopic (exact) mass is 365 g/mol. The first-order valence-corrected chi connectivity index (χ1v) is 9.31. The van der Waals surface area contributed by atoms with Gasteiger partial charge in [0.25, 0.3) is 5.56 Å². The van der Waals surface area contributed by atoms with E-state index in [0.29, 0.717) is 42.7 Å². The standard InChI is InChI=1S/C20H23N5O2/c1-27-12-10-17-22-19(16-13-21-18(15-7-8-15)23-20(16)26)25(24-17)11-9-14-5-3-2-4-6-14/h2-6,13,15H,7-12H2,1H3,(H,21,23,26). The van der Waals surface area contributed by atoms with Crippen LogP contribution in [0.25, 0.3) is 11.4 Å². The van der Waals surface area contributed by atoms with Crippen molar-refractivity contribution in [3.63, 3.8) is 0 Å². The minimum atomic E-state index is -0.154.